The zero-order valence-electron chi connectivity index (χ0n) is 15.3. The van der Waals surface area contributed by atoms with Crippen molar-refractivity contribution in [1.82, 2.24) is 4.98 Å². The molecule has 27 heavy (non-hydrogen) atoms. The smallest absolute Gasteiger partial charge is 0.188 e. The van der Waals surface area contributed by atoms with Crippen LogP contribution in [0.15, 0.2) is 36.5 Å². The number of benzene rings is 2. The van der Waals surface area contributed by atoms with Crippen molar-refractivity contribution in [2.45, 2.75) is 32.2 Å². The van der Waals surface area contributed by atoms with E-state index in [9.17, 15) is 0 Å². The van der Waals surface area contributed by atoms with Crippen molar-refractivity contribution in [2.75, 3.05) is 12.4 Å². The summed E-state index contributed by atoms with van der Waals surface area (Å²) >= 11 is 6.24. The zero-order valence-corrected chi connectivity index (χ0v) is 16.1. The van der Waals surface area contributed by atoms with Crippen LogP contribution in [-0.2, 0) is 6.54 Å². The molecule has 0 amide bonds. The molecule has 1 aromatic heterocycles. The molecule has 1 heterocycles. The van der Waals surface area contributed by atoms with Crippen LogP contribution < -0.4 is 10.1 Å². The number of hydrogen-bond donors (Lipinski definition) is 1. The molecule has 0 atom stereocenters. The van der Waals surface area contributed by atoms with Gasteiger partial charge in [-0.25, -0.2) is 4.85 Å². The molecule has 1 fully saturated rings. The quantitative estimate of drug-likeness (QED) is 0.534. The number of aryl methyl sites for hydroxylation is 1. The van der Waals surface area contributed by atoms with Gasteiger partial charge in [0, 0.05) is 23.8 Å². The lowest BCUT2D eigenvalue weighted by molar-refractivity contribution is 0.415. The van der Waals surface area contributed by atoms with Crippen LogP contribution in [0.3, 0.4) is 0 Å². The first kappa shape index (κ1) is 17.6. The highest BCUT2D eigenvalue weighted by Crippen LogP contribution is 2.45. The maximum Gasteiger partial charge on any atom is 0.188 e. The lowest BCUT2D eigenvalue weighted by Crippen LogP contribution is -2.03. The van der Waals surface area contributed by atoms with Crippen LogP contribution >= 0.6 is 11.6 Å². The summed E-state index contributed by atoms with van der Waals surface area (Å²) in [5, 5.41) is 5.15. The number of ether oxygens (including phenoxy) is 1. The van der Waals surface area contributed by atoms with E-state index in [4.69, 9.17) is 22.9 Å². The lowest BCUT2D eigenvalue weighted by Gasteiger charge is -2.15. The lowest BCUT2D eigenvalue weighted by atomic mass is 10.0. The SMILES string of the molecule is [C-]#[N+]c1cc(C2CC2)c2ncc(C)c(NCc3ccc(OC)c(Cl)c3)c2c1. The molecule has 0 aliphatic heterocycles. The highest BCUT2D eigenvalue weighted by atomic mass is 35.5. The van der Waals surface area contributed by atoms with Crippen molar-refractivity contribution in [3.63, 3.8) is 0 Å². The van der Waals surface area contributed by atoms with E-state index in [1.807, 2.05) is 43.5 Å². The Morgan fingerprint density at radius 3 is 2.78 bits per heavy atom. The number of halogens is 1. The molecule has 1 N–H and O–H groups in total. The second-order valence-electron chi connectivity index (χ2n) is 6.96. The Labute approximate surface area is 164 Å². The first-order valence-corrected chi connectivity index (χ1v) is 9.35. The Balaban J connectivity index is 1.72. The minimum Gasteiger partial charge on any atom is -0.495 e. The molecule has 0 unspecified atom stereocenters. The summed E-state index contributed by atoms with van der Waals surface area (Å²) in [6.07, 6.45) is 4.27. The molecule has 0 spiro atoms. The number of methoxy groups -OCH3 is 1. The van der Waals surface area contributed by atoms with Gasteiger partial charge in [-0.2, -0.15) is 0 Å². The van der Waals surface area contributed by atoms with Crippen LogP contribution in [0.2, 0.25) is 5.02 Å². The van der Waals surface area contributed by atoms with Crippen LogP contribution in [-0.4, -0.2) is 12.1 Å². The third kappa shape index (κ3) is 3.43. The van der Waals surface area contributed by atoms with Crippen LogP contribution in [0.1, 0.15) is 35.4 Å². The van der Waals surface area contributed by atoms with Gasteiger partial charge in [-0.3, -0.25) is 4.98 Å². The molecule has 4 rings (SSSR count). The van der Waals surface area contributed by atoms with Gasteiger partial charge in [-0.1, -0.05) is 23.7 Å². The van der Waals surface area contributed by atoms with E-state index in [0.29, 0.717) is 28.9 Å². The van der Waals surface area contributed by atoms with Gasteiger partial charge >= 0.3 is 0 Å². The van der Waals surface area contributed by atoms with Crippen molar-refractivity contribution >= 4 is 33.9 Å². The van der Waals surface area contributed by atoms with Gasteiger partial charge in [0.15, 0.2) is 5.69 Å². The molecule has 0 saturated heterocycles. The van der Waals surface area contributed by atoms with Gasteiger partial charge in [0.25, 0.3) is 0 Å². The van der Waals surface area contributed by atoms with E-state index < -0.39 is 0 Å². The standard InChI is InChI=1S/C22H20ClN3O/c1-13-11-25-22-17(15-5-6-15)9-16(24-2)10-18(22)21(13)26-12-14-4-7-20(27-3)19(23)8-14/h4,7-11,15H,5-6,12H2,1,3H3,(H,25,26). The summed E-state index contributed by atoms with van der Waals surface area (Å²) in [5.74, 6) is 1.21. The fourth-order valence-corrected chi connectivity index (χ4v) is 3.71. The van der Waals surface area contributed by atoms with E-state index in [1.54, 1.807) is 7.11 Å². The summed E-state index contributed by atoms with van der Waals surface area (Å²) in [4.78, 5) is 8.36. The second-order valence-corrected chi connectivity index (χ2v) is 7.36. The van der Waals surface area contributed by atoms with Crippen molar-refractivity contribution in [2.24, 2.45) is 0 Å². The molecule has 2 aromatic carbocycles. The molecule has 4 nitrogen and oxygen atoms in total. The predicted octanol–water partition coefficient (Wildman–Crippen LogP) is 6.25. The Bertz CT molecular complexity index is 1070. The molecule has 1 aliphatic carbocycles. The summed E-state index contributed by atoms with van der Waals surface area (Å²) < 4.78 is 5.22. The number of aromatic nitrogens is 1. The van der Waals surface area contributed by atoms with Gasteiger partial charge in [0.05, 0.1) is 24.2 Å². The molecule has 1 aliphatic rings. The average molecular weight is 378 g/mol. The van der Waals surface area contributed by atoms with E-state index >= 15 is 0 Å². The second kappa shape index (κ2) is 7.09. The van der Waals surface area contributed by atoms with Crippen molar-refractivity contribution in [3.05, 3.63) is 69.7 Å². The van der Waals surface area contributed by atoms with Crippen LogP contribution in [0.25, 0.3) is 15.7 Å². The molecule has 5 heteroatoms. The summed E-state index contributed by atoms with van der Waals surface area (Å²) in [7, 11) is 1.61. The Morgan fingerprint density at radius 2 is 2.11 bits per heavy atom. The third-order valence-corrected chi connectivity index (χ3v) is 5.30. The number of rotatable bonds is 5. The van der Waals surface area contributed by atoms with Gasteiger partial charge in [-0.05, 0) is 60.6 Å². The van der Waals surface area contributed by atoms with Crippen LogP contribution in [0, 0.1) is 13.5 Å². The number of nitrogens with zero attached hydrogens (tertiary/aromatic N) is 2. The number of hydrogen-bond acceptors (Lipinski definition) is 3. The van der Waals surface area contributed by atoms with Gasteiger partial charge < -0.3 is 10.1 Å². The predicted molar refractivity (Wildman–Crippen MR) is 110 cm³/mol. The highest BCUT2D eigenvalue weighted by Gasteiger charge is 2.27. The summed E-state index contributed by atoms with van der Waals surface area (Å²) in [6, 6.07) is 9.72. The molecule has 0 radical (unpaired) electrons. The summed E-state index contributed by atoms with van der Waals surface area (Å²) in [6.45, 7) is 10.1. The Morgan fingerprint density at radius 1 is 1.30 bits per heavy atom. The normalized spacial score (nSPS) is 13.4. The molecule has 3 aromatic rings. The number of anilines is 1. The highest BCUT2D eigenvalue weighted by molar-refractivity contribution is 6.32. The number of fused-ring (bicyclic) bond motifs is 1. The average Bonchev–Trinajstić information content (AvgIpc) is 3.51. The molecule has 0 bridgehead atoms. The van der Waals surface area contributed by atoms with E-state index in [-0.39, 0.29) is 0 Å². The fourth-order valence-electron chi connectivity index (χ4n) is 3.43. The molecule has 136 valence electrons. The van der Waals surface area contributed by atoms with Crippen LogP contribution in [0.5, 0.6) is 5.75 Å². The maximum absolute atomic E-state index is 7.46. The summed E-state index contributed by atoms with van der Waals surface area (Å²) in [5.41, 5.74) is 6.03. The number of pyridine rings is 1. The monoisotopic (exact) mass is 377 g/mol. The van der Waals surface area contributed by atoms with Crippen molar-refractivity contribution in [1.29, 1.82) is 0 Å². The molecular weight excluding hydrogens is 358 g/mol. The van der Waals surface area contributed by atoms with Crippen LogP contribution in [0.4, 0.5) is 11.4 Å². The van der Waals surface area contributed by atoms with E-state index in [2.05, 4.69) is 15.1 Å². The van der Waals surface area contributed by atoms with Gasteiger partial charge in [0.2, 0.25) is 0 Å². The van der Waals surface area contributed by atoms with Crippen molar-refractivity contribution in [3.8, 4) is 5.75 Å². The minimum absolute atomic E-state index is 0.539. The van der Waals surface area contributed by atoms with Crippen molar-refractivity contribution < 1.29 is 4.74 Å². The maximum atomic E-state index is 7.46. The zero-order chi connectivity index (χ0) is 19.0. The fraction of sp³-hybridized carbons (Fsp3) is 0.273. The van der Waals surface area contributed by atoms with Gasteiger partial charge in [-0.15, -0.1) is 0 Å². The Kier molecular flexibility index (Phi) is 4.63. The van der Waals surface area contributed by atoms with E-state index in [0.717, 1.165) is 27.7 Å². The van der Waals surface area contributed by atoms with E-state index in [1.165, 1.54) is 18.4 Å². The first-order chi connectivity index (χ1) is 13.1. The number of nitrogens with one attached hydrogen (secondary N) is 1. The molecular formula is C22H20ClN3O. The Hall–Kier alpha value is -2.77. The minimum atomic E-state index is 0.539. The first-order valence-electron chi connectivity index (χ1n) is 8.97. The topological polar surface area (TPSA) is 38.5 Å². The van der Waals surface area contributed by atoms with Gasteiger partial charge in [0.1, 0.15) is 5.75 Å². The third-order valence-electron chi connectivity index (χ3n) is 5.01. The largest absolute Gasteiger partial charge is 0.495 e. The molecule has 1 saturated carbocycles.